The molecule has 1 aliphatic carbocycles. The first-order valence-electron chi connectivity index (χ1n) is 5.36. The second-order valence-electron chi connectivity index (χ2n) is 4.55. The fourth-order valence-corrected chi connectivity index (χ4v) is 2.12. The van der Waals surface area contributed by atoms with E-state index in [-0.39, 0.29) is 0 Å². The largest absolute Gasteiger partial charge is 0.307 e. The Kier molecular flexibility index (Phi) is 4.07. The van der Waals surface area contributed by atoms with Crippen LogP contribution >= 0.6 is 0 Å². The van der Waals surface area contributed by atoms with Gasteiger partial charge >= 0.3 is 0 Å². The van der Waals surface area contributed by atoms with Crippen molar-refractivity contribution in [2.75, 3.05) is 14.1 Å². The van der Waals surface area contributed by atoms with Crippen LogP contribution in [0.1, 0.15) is 45.4 Å². The predicted octanol–water partition coefficient (Wildman–Crippen LogP) is 2.91. The molecule has 1 rings (SSSR count). The summed E-state index contributed by atoms with van der Waals surface area (Å²) in [6.07, 6.45) is 8.81. The van der Waals surface area contributed by atoms with E-state index in [9.17, 15) is 0 Å². The minimum Gasteiger partial charge on any atom is -0.307 e. The molecule has 1 atom stereocenters. The lowest BCUT2D eigenvalue weighted by molar-refractivity contribution is 0.230. The third-order valence-corrected chi connectivity index (χ3v) is 3.28. The maximum absolute atomic E-state index is 2.34. The van der Waals surface area contributed by atoms with Gasteiger partial charge in [0.15, 0.2) is 0 Å². The van der Waals surface area contributed by atoms with Gasteiger partial charge in [0.1, 0.15) is 0 Å². The van der Waals surface area contributed by atoms with Crippen LogP contribution in [0.5, 0.6) is 0 Å². The van der Waals surface area contributed by atoms with E-state index in [2.05, 4.69) is 25.9 Å². The zero-order valence-electron chi connectivity index (χ0n) is 8.84. The van der Waals surface area contributed by atoms with Gasteiger partial charge in [-0.25, -0.2) is 0 Å². The molecule has 1 saturated carbocycles. The van der Waals surface area contributed by atoms with Gasteiger partial charge in [-0.05, 0) is 33.4 Å². The Balaban J connectivity index is 2.20. The van der Waals surface area contributed by atoms with Gasteiger partial charge in [0.05, 0.1) is 0 Å². The highest BCUT2D eigenvalue weighted by atomic mass is 15.1. The summed E-state index contributed by atoms with van der Waals surface area (Å²) in [5.41, 5.74) is 0. The van der Waals surface area contributed by atoms with Crippen LogP contribution in [0.4, 0.5) is 0 Å². The van der Waals surface area contributed by atoms with Crippen molar-refractivity contribution in [1.29, 1.82) is 0 Å². The lowest BCUT2D eigenvalue weighted by Crippen LogP contribution is -2.27. The Morgan fingerprint density at radius 2 is 1.75 bits per heavy atom. The lowest BCUT2D eigenvalue weighted by Gasteiger charge is -2.27. The SMILES string of the molecule is C[C@H](CC1CCCCC1)N(C)C. The monoisotopic (exact) mass is 169 g/mol. The van der Waals surface area contributed by atoms with Crippen molar-refractivity contribution in [3.8, 4) is 0 Å². The molecule has 0 aromatic carbocycles. The van der Waals surface area contributed by atoms with Crippen LogP contribution in [-0.4, -0.2) is 25.0 Å². The van der Waals surface area contributed by atoms with Crippen molar-refractivity contribution in [3.05, 3.63) is 0 Å². The van der Waals surface area contributed by atoms with Gasteiger partial charge in [-0.15, -0.1) is 0 Å². The quantitative estimate of drug-likeness (QED) is 0.628. The third-order valence-electron chi connectivity index (χ3n) is 3.28. The Bertz CT molecular complexity index is 114. The first-order valence-corrected chi connectivity index (χ1v) is 5.36. The second-order valence-corrected chi connectivity index (χ2v) is 4.55. The van der Waals surface area contributed by atoms with Crippen molar-refractivity contribution in [3.63, 3.8) is 0 Å². The fraction of sp³-hybridized carbons (Fsp3) is 1.00. The van der Waals surface area contributed by atoms with Gasteiger partial charge in [0.2, 0.25) is 0 Å². The molecule has 1 aliphatic rings. The summed E-state index contributed by atoms with van der Waals surface area (Å²) in [6.45, 7) is 2.34. The fourth-order valence-electron chi connectivity index (χ4n) is 2.12. The number of hydrogen-bond donors (Lipinski definition) is 0. The molecule has 0 aromatic rings. The van der Waals surface area contributed by atoms with Crippen molar-refractivity contribution < 1.29 is 0 Å². The lowest BCUT2D eigenvalue weighted by atomic mass is 9.85. The molecule has 0 aromatic heterocycles. The molecule has 0 radical (unpaired) electrons. The minimum absolute atomic E-state index is 0.771. The summed E-state index contributed by atoms with van der Waals surface area (Å²) < 4.78 is 0. The molecule has 0 N–H and O–H groups in total. The Labute approximate surface area is 77.1 Å². The average Bonchev–Trinajstić information content (AvgIpc) is 2.06. The van der Waals surface area contributed by atoms with E-state index in [1.807, 2.05) is 0 Å². The van der Waals surface area contributed by atoms with E-state index < -0.39 is 0 Å². The standard InChI is InChI=1S/C11H23N/c1-10(12(2)3)9-11-7-5-4-6-8-11/h10-11H,4-9H2,1-3H3/t10-/m1/s1. The van der Waals surface area contributed by atoms with E-state index >= 15 is 0 Å². The molecule has 0 saturated heterocycles. The van der Waals surface area contributed by atoms with Crippen molar-refractivity contribution >= 4 is 0 Å². The number of hydrogen-bond acceptors (Lipinski definition) is 1. The first kappa shape index (κ1) is 10.0. The van der Waals surface area contributed by atoms with E-state index in [1.54, 1.807) is 0 Å². The van der Waals surface area contributed by atoms with E-state index in [0.717, 1.165) is 12.0 Å². The van der Waals surface area contributed by atoms with Crippen LogP contribution in [0.15, 0.2) is 0 Å². The Morgan fingerprint density at radius 1 is 1.17 bits per heavy atom. The highest BCUT2D eigenvalue weighted by Crippen LogP contribution is 2.27. The second kappa shape index (κ2) is 4.86. The number of nitrogens with zero attached hydrogens (tertiary/aromatic N) is 1. The van der Waals surface area contributed by atoms with Crippen molar-refractivity contribution in [2.45, 2.75) is 51.5 Å². The molecular weight excluding hydrogens is 146 g/mol. The molecule has 1 nitrogen and oxygen atoms in total. The topological polar surface area (TPSA) is 3.24 Å². The molecule has 72 valence electrons. The van der Waals surface area contributed by atoms with Gasteiger partial charge in [-0.1, -0.05) is 32.1 Å². The van der Waals surface area contributed by atoms with E-state index in [1.165, 1.54) is 38.5 Å². The molecule has 1 fully saturated rings. The molecule has 0 bridgehead atoms. The molecule has 0 heterocycles. The molecular formula is C11H23N. The predicted molar refractivity (Wildman–Crippen MR) is 54.3 cm³/mol. The van der Waals surface area contributed by atoms with Crippen LogP contribution in [-0.2, 0) is 0 Å². The molecule has 1 heteroatoms. The van der Waals surface area contributed by atoms with Crippen LogP contribution < -0.4 is 0 Å². The molecule has 0 unspecified atom stereocenters. The van der Waals surface area contributed by atoms with E-state index in [0.29, 0.717) is 0 Å². The van der Waals surface area contributed by atoms with Crippen molar-refractivity contribution in [1.82, 2.24) is 4.90 Å². The van der Waals surface area contributed by atoms with Crippen LogP contribution in [0.2, 0.25) is 0 Å². The Morgan fingerprint density at radius 3 is 2.25 bits per heavy atom. The average molecular weight is 169 g/mol. The van der Waals surface area contributed by atoms with Gasteiger partial charge < -0.3 is 4.90 Å². The van der Waals surface area contributed by atoms with Crippen molar-refractivity contribution in [2.24, 2.45) is 5.92 Å². The highest BCUT2D eigenvalue weighted by molar-refractivity contribution is 4.71. The first-order chi connectivity index (χ1) is 5.70. The maximum Gasteiger partial charge on any atom is 0.00634 e. The van der Waals surface area contributed by atoms with Gasteiger partial charge in [0, 0.05) is 6.04 Å². The maximum atomic E-state index is 2.34. The highest BCUT2D eigenvalue weighted by Gasteiger charge is 2.16. The summed E-state index contributed by atoms with van der Waals surface area (Å²) in [6, 6.07) is 0.771. The van der Waals surface area contributed by atoms with E-state index in [4.69, 9.17) is 0 Å². The van der Waals surface area contributed by atoms with Gasteiger partial charge in [0.25, 0.3) is 0 Å². The molecule has 0 spiro atoms. The minimum atomic E-state index is 0.771. The van der Waals surface area contributed by atoms with Crippen LogP contribution in [0.3, 0.4) is 0 Å². The summed E-state index contributed by atoms with van der Waals surface area (Å²) in [5, 5.41) is 0. The van der Waals surface area contributed by atoms with Crippen LogP contribution in [0, 0.1) is 5.92 Å². The third kappa shape index (κ3) is 3.14. The summed E-state index contributed by atoms with van der Waals surface area (Å²) in [7, 11) is 4.38. The summed E-state index contributed by atoms with van der Waals surface area (Å²) >= 11 is 0. The normalized spacial score (nSPS) is 23.0. The smallest absolute Gasteiger partial charge is 0.00634 e. The van der Waals surface area contributed by atoms with Gasteiger partial charge in [-0.3, -0.25) is 0 Å². The summed E-state index contributed by atoms with van der Waals surface area (Å²) in [4.78, 5) is 2.34. The molecule has 0 amide bonds. The Hall–Kier alpha value is -0.0400. The summed E-state index contributed by atoms with van der Waals surface area (Å²) in [5.74, 6) is 1.02. The molecule has 12 heavy (non-hydrogen) atoms. The van der Waals surface area contributed by atoms with Gasteiger partial charge in [-0.2, -0.15) is 0 Å². The zero-order chi connectivity index (χ0) is 8.97. The van der Waals surface area contributed by atoms with Crippen LogP contribution in [0.25, 0.3) is 0 Å². The molecule has 0 aliphatic heterocycles. The number of rotatable bonds is 3. The zero-order valence-corrected chi connectivity index (χ0v) is 8.84.